The van der Waals surface area contributed by atoms with Gasteiger partial charge in [0.1, 0.15) is 0 Å². The van der Waals surface area contributed by atoms with Gasteiger partial charge in [-0.15, -0.1) is 11.6 Å². The van der Waals surface area contributed by atoms with Crippen LogP contribution < -0.4 is 0 Å². The van der Waals surface area contributed by atoms with Crippen molar-refractivity contribution in [2.24, 2.45) is 5.41 Å². The molecule has 3 aliphatic carbocycles. The van der Waals surface area contributed by atoms with E-state index in [0.29, 0.717) is 10.7 Å². The molecule has 1 aliphatic heterocycles. The molecule has 3 saturated carbocycles. The summed E-state index contributed by atoms with van der Waals surface area (Å²) >= 11 is 5.79. The fraction of sp³-hybridized carbons (Fsp3) is 1.00. The summed E-state index contributed by atoms with van der Waals surface area (Å²) in [7, 11) is 0.0142. The minimum Gasteiger partial charge on any atom is -0.403 e. The molecule has 4 rings (SSSR count). The third kappa shape index (κ3) is 1.63. The fourth-order valence-corrected chi connectivity index (χ4v) is 4.27. The van der Waals surface area contributed by atoms with Gasteiger partial charge >= 0.3 is 7.12 Å². The molecule has 0 aromatic heterocycles. The van der Waals surface area contributed by atoms with Crippen LogP contribution in [0, 0.1) is 5.41 Å². The highest BCUT2D eigenvalue weighted by molar-refractivity contribution is 6.51. The van der Waals surface area contributed by atoms with Crippen LogP contribution in [-0.2, 0) is 9.31 Å². The van der Waals surface area contributed by atoms with E-state index < -0.39 is 0 Å². The maximum Gasteiger partial charge on any atom is 0.464 e. The molecular weight excluding hydrogens is 246 g/mol. The molecule has 2 bridgehead atoms. The lowest BCUT2D eigenvalue weighted by Crippen LogP contribution is -2.63. The summed E-state index contributed by atoms with van der Waals surface area (Å²) in [6.07, 6.45) is 6.30. The monoisotopic (exact) mass is 270 g/mol. The van der Waals surface area contributed by atoms with Crippen molar-refractivity contribution < 1.29 is 9.31 Å². The van der Waals surface area contributed by atoms with Crippen molar-refractivity contribution in [1.82, 2.24) is 0 Å². The first-order valence-electron chi connectivity index (χ1n) is 7.16. The van der Waals surface area contributed by atoms with Gasteiger partial charge in [-0.2, -0.15) is 0 Å². The first-order chi connectivity index (χ1) is 8.24. The molecule has 0 aromatic rings. The Bertz CT molecular complexity index is 331. The van der Waals surface area contributed by atoms with Crippen LogP contribution in [0.2, 0.25) is 5.31 Å². The van der Waals surface area contributed by atoms with Crippen molar-refractivity contribution in [1.29, 1.82) is 0 Å². The van der Waals surface area contributed by atoms with Gasteiger partial charge in [-0.1, -0.05) is 0 Å². The van der Waals surface area contributed by atoms with Crippen molar-refractivity contribution in [3.05, 3.63) is 0 Å². The molecule has 0 amide bonds. The lowest BCUT2D eigenvalue weighted by Gasteiger charge is -2.71. The second-order valence-electron chi connectivity index (χ2n) is 7.77. The molecule has 2 nitrogen and oxygen atoms in total. The smallest absolute Gasteiger partial charge is 0.403 e. The summed E-state index contributed by atoms with van der Waals surface area (Å²) in [5.41, 5.74) is 0.227. The Balaban J connectivity index is 1.61. The maximum absolute atomic E-state index is 6.21. The molecule has 4 aliphatic rings. The maximum atomic E-state index is 6.21. The minimum absolute atomic E-state index is 0.0142. The standard InChI is InChI=1S/C14H24BClO2/c1-11(2)12(3,4)18-15(17-11)14-8-13(9-14,10-14)6-5-7-16/h5-10H2,1-4H3. The topological polar surface area (TPSA) is 18.5 Å². The SMILES string of the molecule is CC1(C)OB(C23CC(CCCCl)(C2)C3)OC1(C)C. The number of hydrogen-bond donors (Lipinski definition) is 0. The summed E-state index contributed by atoms with van der Waals surface area (Å²) in [5.74, 6) is 0.797. The van der Waals surface area contributed by atoms with Crippen LogP contribution in [0.5, 0.6) is 0 Å². The van der Waals surface area contributed by atoms with Crippen LogP contribution in [-0.4, -0.2) is 24.2 Å². The predicted octanol–water partition coefficient (Wildman–Crippen LogP) is 4.02. The minimum atomic E-state index is -0.184. The third-order valence-electron chi connectivity index (χ3n) is 5.78. The summed E-state index contributed by atoms with van der Waals surface area (Å²) in [6.45, 7) is 8.56. The van der Waals surface area contributed by atoms with E-state index in [2.05, 4.69) is 27.7 Å². The van der Waals surface area contributed by atoms with Crippen LogP contribution >= 0.6 is 11.6 Å². The Labute approximate surface area is 116 Å². The Morgan fingerprint density at radius 3 is 1.94 bits per heavy atom. The first kappa shape index (κ1) is 13.3. The van der Waals surface area contributed by atoms with E-state index in [4.69, 9.17) is 20.9 Å². The van der Waals surface area contributed by atoms with Crippen LogP contribution in [0.15, 0.2) is 0 Å². The molecule has 0 atom stereocenters. The Hall–Kier alpha value is 0.275. The molecule has 0 radical (unpaired) electrons. The van der Waals surface area contributed by atoms with Gasteiger partial charge in [-0.25, -0.2) is 0 Å². The van der Waals surface area contributed by atoms with E-state index in [9.17, 15) is 0 Å². The average molecular weight is 271 g/mol. The second kappa shape index (κ2) is 3.68. The largest absolute Gasteiger partial charge is 0.464 e. The number of halogens is 1. The molecule has 1 saturated heterocycles. The molecule has 0 spiro atoms. The normalized spacial score (nSPS) is 43.5. The highest BCUT2D eigenvalue weighted by atomic mass is 35.5. The fourth-order valence-electron chi connectivity index (χ4n) is 4.14. The number of rotatable bonds is 4. The lowest BCUT2D eigenvalue weighted by atomic mass is 9.23. The van der Waals surface area contributed by atoms with E-state index in [1.54, 1.807) is 0 Å². The van der Waals surface area contributed by atoms with E-state index in [1.165, 1.54) is 25.7 Å². The van der Waals surface area contributed by atoms with Gasteiger partial charge in [-0.3, -0.25) is 0 Å². The highest BCUT2D eigenvalue weighted by Gasteiger charge is 2.75. The zero-order chi connectivity index (χ0) is 13.2. The average Bonchev–Trinajstić information content (AvgIpc) is 2.31. The molecule has 102 valence electrons. The Morgan fingerprint density at radius 1 is 1.00 bits per heavy atom. The van der Waals surface area contributed by atoms with Gasteiger partial charge < -0.3 is 9.31 Å². The highest BCUT2D eigenvalue weighted by Crippen LogP contribution is 2.82. The van der Waals surface area contributed by atoms with Crippen molar-refractivity contribution in [2.75, 3.05) is 5.88 Å². The molecule has 4 heteroatoms. The van der Waals surface area contributed by atoms with E-state index in [-0.39, 0.29) is 18.3 Å². The van der Waals surface area contributed by atoms with E-state index in [1.807, 2.05) is 0 Å². The molecular formula is C14H24BClO2. The van der Waals surface area contributed by atoms with Gasteiger partial charge in [0.05, 0.1) is 11.2 Å². The number of hydrogen-bond acceptors (Lipinski definition) is 2. The molecule has 18 heavy (non-hydrogen) atoms. The summed E-state index contributed by atoms with van der Waals surface area (Å²) in [4.78, 5) is 0. The van der Waals surface area contributed by atoms with E-state index in [0.717, 1.165) is 12.3 Å². The lowest BCUT2D eigenvalue weighted by molar-refractivity contribution is -0.115. The van der Waals surface area contributed by atoms with Crippen LogP contribution in [0.3, 0.4) is 0 Å². The molecule has 1 heterocycles. The van der Waals surface area contributed by atoms with Crippen molar-refractivity contribution >= 4 is 18.7 Å². The summed E-state index contributed by atoms with van der Waals surface area (Å²) in [5, 5.41) is 0.331. The first-order valence-corrected chi connectivity index (χ1v) is 7.69. The zero-order valence-electron chi connectivity index (χ0n) is 12.0. The van der Waals surface area contributed by atoms with Gasteiger partial charge in [0.25, 0.3) is 0 Å². The van der Waals surface area contributed by atoms with Crippen molar-refractivity contribution in [3.8, 4) is 0 Å². The van der Waals surface area contributed by atoms with Gasteiger partial charge in [0.2, 0.25) is 0 Å². The Kier molecular flexibility index (Phi) is 2.71. The van der Waals surface area contributed by atoms with Crippen LogP contribution in [0.1, 0.15) is 59.8 Å². The second-order valence-corrected chi connectivity index (χ2v) is 8.15. The molecule has 0 aromatic carbocycles. The van der Waals surface area contributed by atoms with Crippen molar-refractivity contribution in [2.45, 2.75) is 76.3 Å². The van der Waals surface area contributed by atoms with Crippen LogP contribution in [0.4, 0.5) is 0 Å². The van der Waals surface area contributed by atoms with Crippen molar-refractivity contribution in [3.63, 3.8) is 0 Å². The van der Waals surface area contributed by atoms with Gasteiger partial charge in [0, 0.05) is 11.2 Å². The summed E-state index contributed by atoms with van der Waals surface area (Å²) in [6, 6.07) is 0. The van der Waals surface area contributed by atoms with Gasteiger partial charge in [0.15, 0.2) is 0 Å². The quantitative estimate of drug-likeness (QED) is 0.567. The molecule has 4 fully saturated rings. The summed E-state index contributed by atoms with van der Waals surface area (Å²) < 4.78 is 12.4. The van der Waals surface area contributed by atoms with E-state index >= 15 is 0 Å². The third-order valence-corrected chi connectivity index (χ3v) is 6.04. The Morgan fingerprint density at radius 2 is 1.50 bits per heavy atom. The molecule has 0 N–H and O–H groups in total. The molecule has 0 unspecified atom stereocenters. The zero-order valence-corrected chi connectivity index (χ0v) is 12.8. The number of alkyl halides is 1. The van der Waals surface area contributed by atoms with Gasteiger partial charge in [-0.05, 0) is 65.2 Å². The van der Waals surface area contributed by atoms with Crippen LogP contribution in [0.25, 0.3) is 0 Å². The predicted molar refractivity (Wildman–Crippen MR) is 75.0 cm³/mol.